The van der Waals surface area contributed by atoms with E-state index in [2.05, 4.69) is 5.32 Å². The Morgan fingerprint density at radius 2 is 2.31 bits per heavy atom. The first-order chi connectivity index (χ1) is 7.66. The summed E-state index contributed by atoms with van der Waals surface area (Å²) in [5.41, 5.74) is 0.427. The number of hydrogen-bond acceptors (Lipinski definition) is 3. The molecule has 1 saturated heterocycles. The smallest absolute Gasteiger partial charge is 0.411 e. The van der Waals surface area contributed by atoms with Crippen molar-refractivity contribution in [1.82, 2.24) is 0 Å². The van der Waals surface area contributed by atoms with Gasteiger partial charge in [0, 0.05) is 0 Å². The molecule has 1 fully saturated rings. The van der Waals surface area contributed by atoms with Gasteiger partial charge in [0.2, 0.25) is 0 Å². The average molecular weight is 262 g/mol. The molecule has 1 aliphatic rings. The van der Waals surface area contributed by atoms with E-state index in [4.69, 9.17) is 32.7 Å². The Morgan fingerprint density at radius 1 is 1.56 bits per heavy atom. The standard InChI is InChI=1S/C10H9Cl2NO3/c11-7-2-1-3-8(9(7)12)13-10(14)16-5-6-4-15-6/h1-3,6H,4-5H2,(H,13,14)/t6-/m1/s1. The van der Waals surface area contributed by atoms with E-state index in [9.17, 15) is 4.79 Å². The molecule has 0 unspecified atom stereocenters. The maximum absolute atomic E-state index is 11.3. The van der Waals surface area contributed by atoms with Crippen molar-refractivity contribution >= 4 is 35.0 Å². The summed E-state index contributed by atoms with van der Waals surface area (Å²) < 4.78 is 9.79. The molecule has 1 heterocycles. The van der Waals surface area contributed by atoms with E-state index >= 15 is 0 Å². The second-order valence-corrected chi connectivity index (χ2v) is 4.07. The number of epoxide rings is 1. The van der Waals surface area contributed by atoms with Crippen LogP contribution in [0.2, 0.25) is 10.0 Å². The largest absolute Gasteiger partial charge is 0.446 e. The Labute approximate surface area is 102 Å². The zero-order chi connectivity index (χ0) is 11.5. The van der Waals surface area contributed by atoms with Crippen LogP contribution in [-0.4, -0.2) is 25.4 Å². The highest BCUT2D eigenvalue weighted by atomic mass is 35.5. The number of ether oxygens (including phenoxy) is 2. The quantitative estimate of drug-likeness (QED) is 0.852. The van der Waals surface area contributed by atoms with E-state index in [0.717, 1.165) is 0 Å². The molecule has 1 aromatic carbocycles. The van der Waals surface area contributed by atoms with Crippen LogP contribution in [0.1, 0.15) is 0 Å². The maximum atomic E-state index is 11.3. The van der Waals surface area contributed by atoms with Crippen molar-refractivity contribution in [3.05, 3.63) is 28.2 Å². The third kappa shape index (κ3) is 3.01. The zero-order valence-electron chi connectivity index (χ0n) is 8.20. The minimum absolute atomic E-state index is 0.0422. The molecule has 1 atom stereocenters. The molecule has 0 bridgehead atoms. The second-order valence-electron chi connectivity index (χ2n) is 3.28. The molecule has 0 radical (unpaired) electrons. The summed E-state index contributed by atoms with van der Waals surface area (Å²) in [5, 5.41) is 3.18. The first-order valence-corrected chi connectivity index (χ1v) is 5.42. The Morgan fingerprint density at radius 3 is 3.00 bits per heavy atom. The van der Waals surface area contributed by atoms with Gasteiger partial charge in [-0.05, 0) is 12.1 Å². The Balaban J connectivity index is 1.91. The van der Waals surface area contributed by atoms with Crippen LogP contribution in [0.3, 0.4) is 0 Å². The first kappa shape index (κ1) is 11.5. The maximum Gasteiger partial charge on any atom is 0.411 e. The number of halogens is 2. The van der Waals surface area contributed by atoms with Crippen molar-refractivity contribution in [2.45, 2.75) is 6.10 Å². The number of nitrogens with one attached hydrogen (secondary N) is 1. The average Bonchev–Trinajstić information content (AvgIpc) is 3.06. The van der Waals surface area contributed by atoms with Gasteiger partial charge in [-0.1, -0.05) is 29.3 Å². The Kier molecular flexibility index (Phi) is 3.53. The van der Waals surface area contributed by atoms with Gasteiger partial charge in [-0.15, -0.1) is 0 Å². The molecule has 0 saturated carbocycles. The minimum Gasteiger partial charge on any atom is -0.446 e. The Bertz CT molecular complexity index is 407. The van der Waals surface area contributed by atoms with Gasteiger partial charge < -0.3 is 9.47 Å². The zero-order valence-corrected chi connectivity index (χ0v) is 9.72. The lowest BCUT2D eigenvalue weighted by Gasteiger charge is -2.08. The summed E-state index contributed by atoms with van der Waals surface area (Å²) >= 11 is 11.7. The fraction of sp³-hybridized carbons (Fsp3) is 0.300. The fourth-order valence-electron chi connectivity index (χ4n) is 1.08. The molecule has 0 aromatic heterocycles. The van der Waals surface area contributed by atoms with Gasteiger partial charge in [0.25, 0.3) is 0 Å². The number of benzene rings is 1. The molecular formula is C10H9Cl2NO3. The highest BCUT2D eigenvalue weighted by molar-refractivity contribution is 6.43. The highest BCUT2D eigenvalue weighted by Gasteiger charge is 2.24. The van der Waals surface area contributed by atoms with Crippen molar-refractivity contribution in [2.75, 3.05) is 18.5 Å². The van der Waals surface area contributed by atoms with E-state index < -0.39 is 6.09 Å². The van der Waals surface area contributed by atoms with Gasteiger partial charge >= 0.3 is 6.09 Å². The lowest BCUT2D eigenvalue weighted by Crippen LogP contribution is -2.16. The van der Waals surface area contributed by atoms with Gasteiger partial charge in [0.1, 0.15) is 12.7 Å². The summed E-state index contributed by atoms with van der Waals surface area (Å²) in [6.07, 6.45) is -0.528. The van der Waals surface area contributed by atoms with Crippen LogP contribution >= 0.6 is 23.2 Å². The summed E-state index contributed by atoms with van der Waals surface area (Å²) in [6, 6.07) is 4.97. The van der Waals surface area contributed by atoms with Gasteiger partial charge in [-0.3, -0.25) is 5.32 Å². The fourth-order valence-corrected chi connectivity index (χ4v) is 1.43. The Hall–Kier alpha value is -0.970. The summed E-state index contributed by atoms with van der Waals surface area (Å²) in [4.78, 5) is 11.3. The molecule has 2 rings (SSSR count). The molecule has 1 aromatic rings. The number of hydrogen-bond donors (Lipinski definition) is 1. The number of carbonyl (C=O) groups is 1. The van der Waals surface area contributed by atoms with Crippen molar-refractivity contribution < 1.29 is 14.3 Å². The number of anilines is 1. The lowest BCUT2D eigenvalue weighted by atomic mass is 10.3. The number of amides is 1. The third-order valence-corrected chi connectivity index (χ3v) is 2.81. The molecule has 16 heavy (non-hydrogen) atoms. The van der Waals surface area contributed by atoms with Gasteiger partial charge in [0.05, 0.1) is 22.3 Å². The predicted octanol–water partition coefficient (Wildman–Crippen LogP) is 2.94. The SMILES string of the molecule is O=C(Nc1cccc(Cl)c1Cl)OC[C@H]1CO1. The van der Waals surface area contributed by atoms with Crippen molar-refractivity contribution in [2.24, 2.45) is 0 Å². The van der Waals surface area contributed by atoms with Crippen molar-refractivity contribution in [3.63, 3.8) is 0 Å². The molecule has 0 aliphatic carbocycles. The van der Waals surface area contributed by atoms with Crippen LogP contribution in [-0.2, 0) is 9.47 Å². The van der Waals surface area contributed by atoms with E-state index in [1.54, 1.807) is 18.2 Å². The lowest BCUT2D eigenvalue weighted by molar-refractivity contribution is 0.150. The number of rotatable bonds is 3. The molecule has 1 aliphatic heterocycles. The number of carbonyl (C=O) groups excluding carboxylic acids is 1. The van der Waals surface area contributed by atoms with Crippen LogP contribution in [0.25, 0.3) is 0 Å². The molecule has 1 N–H and O–H groups in total. The van der Waals surface area contributed by atoms with Gasteiger partial charge in [-0.25, -0.2) is 4.79 Å². The van der Waals surface area contributed by atoms with Crippen LogP contribution in [0, 0.1) is 0 Å². The predicted molar refractivity (Wildman–Crippen MR) is 61.2 cm³/mol. The van der Waals surface area contributed by atoms with Crippen molar-refractivity contribution in [1.29, 1.82) is 0 Å². The van der Waals surface area contributed by atoms with E-state index in [0.29, 0.717) is 22.3 Å². The van der Waals surface area contributed by atoms with Crippen LogP contribution in [0.4, 0.5) is 10.5 Å². The molecule has 4 nitrogen and oxygen atoms in total. The normalized spacial score (nSPS) is 18.0. The first-order valence-electron chi connectivity index (χ1n) is 4.66. The minimum atomic E-state index is -0.570. The van der Waals surface area contributed by atoms with Crippen LogP contribution in [0.5, 0.6) is 0 Å². The molecule has 86 valence electrons. The molecule has 0 spiro atoms. The molecule has 1 amide bonds. The monoisotopic (exact) mass is 261 g/mol. The third-order valence-electron chi connectivity index (χ3n) is 1.99. The second kappa shape index (κ2) is 4.91. The van der Waals surface area contributed by atoms with E-state index in [1.165, 1.54) is 0 Å². The van der Waals surface area contributed by atoms with Gasteiger partial charge in [-0.2, -0.15) is 0 Å². The summed E-state index contributed by atoms with van der Waals surface area (Å²) in [7, 11) is 0. The molecular weight excluding hydrogens is 253 g/mol. The summed E-state index contributed by atoms with van der Waals surface area (Å²) in [5.74, 6) is 0. The topological polar surface area (TPSA) is 50.9 Å². The van der Waals surface area contributed by atoms with Crippen LogP contribution in [0.15, 0.2) is 18.2 Å². The van der Waals surface area contributed by atoms with Crippen LogP contribution < -0.4 is 5.32 Å². The van der Waals surface area contributed by atoms with E-state index in [1.807, 2.05) is 0 Å². The van der Waals surface area contributed by atoms with Gasteiger partial charge in [0.15, 0.2) is 0 Å². The van der Waals surface area contributed by atoms with Crippen molar-refractivity contribution in [3.8, 4) is 0 Å². The highest BCUT2D eigenvalue weighted by Crippen LogP contribution is 2.29. The molecule has 6 heteroatoms. The summed E-state index contributed by atoms with van der Waals surface area (Å²) in [6.45, 7) is 0.898. The van der Waals surface area contributed by atoms with E-state index in [-0.39, 0.29) is 12.7 Å².